The highest BCUT2D eigenvalue weighted by Crippen LogP contribution is 2.31. The molecular weight excluding hydrogens is 248 g/mol. The van der Waals surface area contributed by atoms with E-state index in [1.807, 2.05) is 0 Å². The van der Waals surface area contributed by atoms with E-state index in [1.54, 1.807) is 4.31 Å². The van der Waals surface area contributed by atoms with Crippen LogP contribution in [0.3, 0.4) is 0 Å². The van der Waals surface area contributed by atoms with E-state index in [1.165, 1.54) is 6.42 Å². The second-order valence-electron chi connectivity index (χ2n) is 6.23. The molecule has 0 aromatic carbocycles. The number of nitrogens with one attached hydrogen (secondary N) is 1. The maximum absolute atomic E-state index is 12.4. The lowest BCUT2D eigenvalue weighted by atomic mass is 10.2. The minimum Gasteiger partial charge on any atom is -0.313 e. The molecule has 1 aliphatic heterocycles. The average Bonchev–Trinajstić information content (AvgIpc) is 2.91. The zero-order valence-corrected chi connectivity index (χ0v) is 12.4. The smallest absolute Gasteiger partial charge is 0.214 e. The zero-order valence-electron chi connectivity index (χ0n) is 11.6. The SMILES string of the molecule is CC(C)CN(CC1CCCN1)S(=O)(=O)CC1CC1. The van der Waals surface area contributed by atoms with Crippen LogP contribution in [0.1, 0.15) is 39.5 Å². The fraction of sp³-hybridized carbons (Fsp3) is 1.00. The summed E-state index contributed by atoms with van der Waals surface area (Å²) >= 11 is 0. The minimum absolute atomic E-state index is 0.359. The average molecular weight is 274 g/mol. The van der Waals surface area contributed by atoms with Crippen molar-refractivity contribution in [1.82, 2.24) is 9.62 Å². The lowest BCUT2D eigenvalue weighted by Crippen LogP contribution is -2.44. The predicted octanol–water partition coefficient (Wildman–Crippen LogP) is 1.44. The van der Waals surface area contributed by atoms with Crippen molar-refractivity contribution < 1.29 is 8.42 Å². The Balaban J connectivity index is 1.97. The summed E-state index contributed by atoms with van der Waals surface area (Å²) < 4.78 is 26.5. The maximum atomic E-state index is 12.4. The van der Waals surface area contributed by atoms with Crippen LogP contribution < -0.4 is 5.32 Å². The van der Waals surface area contributed by atoms with Gasteiger partial charge in [0.15, 0.2) is 0 Å². The number of hydrogen-bond acceptors (Lipinski definition) is 3. The Kier molecular flexibility index (Phi) is 4.67. The Labute approximate surface area is 111 Å². The molecule has 18 heavy (non-hydrogen) atoms. The highest BCUT2D eigenvalue weighted by molar-refractivity contribution is 7.89. The molecule has 4 nitrogen and oxygen atoms in total. The minimum atomic E-state index is -3.05. The molecule has 2 fully saturated rings. The third-order valence-electron chi connectivity index (χ3n) is 3.69. The first kappa shape index (κ1) is 14.3. The van der Waals surface area contributed by atoms with E-state index in [9.17, 15) is 8.42 Å². The lowest BCUT2D eigenvalue weighted by Gasteiger charge is -2.26. The zero-order chi connectivity index (χ0) is 13.2. The molecule has 5 heteroatoms. The molecule has 1 aliphatic carbocycles. The van der Waals surface area contributed by atoms with Gasteiger partial charge in [-0.05, 0) is 44.1 Å². The van der Waals surface area contributed by atoms with E-state index >= 15 is 0 Å². The maximum Gasteiger partial charge on any atom is 0.214 e. The first-order valence-corrected chi connectivity index (χ1v) is 8.79. The number of sulfonamides is 1. The molecule has 1 atom stereocenters. The van der Waals surface area contributed by atoms with Crippen LogP contribution in [0.25, 0.3) is 0 Å². The fourth-order valence-electron chi connectivity index (χ4n) is 2.56. The monoisotopic (exact) mass is 274 g/mol. The summed E-state index contributed by atoms with van der Waals surface area (Å²) in [6.07, 6.45) is 4.46. The van der Waals surface area contributed by atoms with Gasteiger partial charge in [0.05, 0.1) is 5.75 Å². The summed E-state index contributed by atoms with van der Waals surface area (Å²) in [4.78, 5) is 0. The van der Waals surface area contributed by atoms with Gasteiger partial charge in [-0.1, -0.05) is 13.8 Å². The molecule has 0 bridgehead atoms. The Hall–Kier alpha value is -0.130. The van der Waals surface area contributed by atoms with Gasteiger partial charge in [0, 0.05) is 19.1 Å². The van der Waals surface area contributed by atoms with Crippen molar-refractivity contribution in [3.05, 3.63) is 0 Å². The Morgan fingerprint density at radius 1 is 1.28 bits per heavy atom. The molecule has 2 aliphatic rings. The Morgan fingerprint density at radius 3 is 2.50 bits per heavy atom. The van der Waals surface area contributed by atoms with Gasteiger partial charge in [0.1, 0.15) is 0 Å². The molecular formula is C13H26N2O2S. The van der Waals surface area contributed by atoms with Crippen molar-refractivity contribution in [3.8, 4) is 0 Å². The van der Waals surface area contributed by atoms with Crippen molar-refractivity contribution in [2.75, 3.05) is 25.4 Å². The quantitative estimate of drug-likeness (QED) is 0.764. The van der Waals surface area contributed by atoms with Crippen LogP contribution in [0.15, 0.2) is 0 Å². The van der Waals surface area contributed by atoms with Gasteiger partial charge in [0.25, 0.3) is 0 Å². The summed E-state index contributed by atoms with van der Waals surface area (Å²) in [5, 5.41) is 3.40. The van der Waals surface area contributed by atoms with Crippen LogP contribution in [-0.4, -0.2) is 44.2 Å². The van der Waals surface area contributed by atoms with Crippen molar-refractivity contribution in [2.45, 2.75) is 45.6 Å². The van der Waals surface area contributed by atoms with Gasteiger partial charge in [-0.3, -0.25) is 0 Å². The van der Waals surface area contributed by atoms with Gasteiger partial charge in [-0.2, -0.15) is 0 Å². The second kappa shape index (κ2) is 5.88. The van der Waals surface area contributed by atoms with Gasteiger partial charge < -0.3 is 5.32 Å². The molecule has 1 N–H and O–H groups in total. The van der Waals surface area contributed by atoms with E-state index in [2.05, 4.69) is 19.2 Å². The van der Waals surface area contributed by atoms with Gasteiger partial charge in [0.2, 0.25) is 10.0 Å². The summed E-state index contributed by atoms with van der Waals surface area (Å²) in [5.74, 6) is 1.19. The number of hydrogen-bond donors (Lipinski definition) is 1. The van der Waals surface area contributed by atoms with E-state index in [0.717, 1.165) is 25.8 Å². The Bertz CT molecular complexity index is 357. The van der Waals surface area contributed by atoms with Crippen LogP contribution in [0, 0.1) is 11.8 Å². The van der Waals surface area contributed by atoms with Crippen LogP contribution >= 0.6 is 0 Å². The number of rotatable bonds is 7. The van der Waals surface area contributed by atoms with E-state index in [0.29, 0.717) is 36.7 Å². The highest BCUT2D eigenvalue weighted by atomic mass is 32.2. The Morgan fingerprint density at radius 2 is 2.00 bits per heavy atom. The van der Waals surface area contributed by atoms with Crippen molar-refractivity contribution in [1.29, 1.82) is 0 Å². The fourth-order valence-corrected chi connectivity index (χ4v) is 4.63. The van der Waals surface area contributed by atoms with Crippen LogP contribution in [-0.2, 0) is 10.0 Å². The third kappa shape index (κ3) is 4.21. The number of nitrogens with zero attached hydrogens (tertiary/aromatic N) is 1. The molecule has 0 aromatic heterocycles. The molecule has 1 saturated carbocycles. The lowest BCUT2D eigenvalue weighted by molar-refractivity contribution is 0.336. The molecule has 2 rings (SSSR count). The van der Waals surface area contributed by atoms with Crippen LogP contribution in [0.2, 0.25) is 0 Å². The topological polar surface area (TPSA) is 49.4 Å². The van der Waals surface area contributed by atoms with Crippen LogP contribution in [0.4, 0.5) is 0 Å². The van der Waals surface area contributed by atoms with E-state index in [-0.39, 0.29) is 0 Å². The molecule has 0 amide bonds. The standard InChI is InChI=1S/C13H26N2O2S/c1-11(2)8-15(9-13-4-3-7-14-13)18(16,17)10-12-5-6-12/h11-14H,3-10H2,1-2H3. The molecule has 1 unspecified atom stereocenters. The molecule has 0 spiro atoms. The second-order valence-corrected chi connectivity index (χ2v) is 8.24. The van der Waals surface area contributed by atoms with Gasteiger partial charge in [-0.15, -0.1) is 0 Å². The van der Waals surface area contributed by atoms with Crippen molar-refractivity contribution in [2.24, 2.45) is 11.8 Å². The largest absolute Gasteiger partial charge is 0.313 e. The predicted molar refractivity (Wildman–Crippen MR) is 73.9 cm³/mol. The molecule has 0 aromatic rings. The summed E-state index contributed by atoms with van der Waals surface area (Å²) in [6, 6.07) is 0.359. The highest BCUT2D eigenvalue weighted by Gasteiger charge is 2.33. The molecule has 1 heterocycles. The summed E-state index contributed by atoms with van der Waals surface area (Å²) in [7, 11) is -3.05. The first-order valence-electron chi connectivity index (χ1n) is 7.18. The molecule has 1 saturated heterocycles. The summed E-state index contributed by atoms with van der Waals surface area (Å²) in [6.45, 7) is 6.52. The van der Waals surface area contributed by atoms with Gasteiger partial charge in [-0.25, -0.2) is 12.7 Å². The van der Waals surface area contributed by atoms with Crippen molar-refractivity contribution in [3.63, 3.8) is 0 Å². The first-order chi connectivity index (χ1) is 8.47. The van der Waals surface area contributed by atoms with E-state index in [4.69, 9.17) is 0 Å². The molecule has 0 radical (unpaired) electrons. The summed E-state index contributed by atoms with van der Waals surface area (Å²) in [5.41, 5.74) is 0. The van der Waals surface area contributed by atoms with E-state index < -0.39 is 10.0 Å². The normalized spacial score (nSPS) is 25.2. The van der Waals surface area contributed by atoms with Crippen LogP contribution in [0.5, 0.6) is 0 Å². The molecule has 106 valence electrons. The van der Waals surface area contributed by atoms with Gasteiger partial charge >= 0.3 is 0 Å². The van der Waals surface area contributed by atoms with Crippen molar-refractivity contribution >= 4 is 10.0 Å². The third-order valence-corrected chi connectivity index (χ3v) is 5.67.